The van der Waals surface area contributed by atoms with Gasteiger partial charge >= 0.3 is 0 Å². The molecule has 11 heteroatoms. The third kappa shape index (κ3) is 6.42. The summed E-state index contributed by atoms with van der Waals surface area (Å²) >= 11 is 18.3. The Morgan fingerprint density at radius 1 is 1.00 bits per heavy atom. The largest absolute Gasteiger partial charge is 0.490 e. The van der Waals surface area contributed by atoms with Crippen LogP contribution >= 0.6 is 34.8 Å². The van der Waals surface area contributed by atoms with Gasteiger partial charge in [-0.25, -0.2) is 8.42 Å². The number of rotatable bonds is 7. The molecule has 7 nitrogen and oxygen atoms in total. The second kappa shape index (κ2) is 11.2. The Labute approximate surface area is 220 Å². The Kier molecular flexibility index (Phi) is 8.51. The van der Waals surface area contributed by atoms with Crippen LogP contribution in [-0.4, -0.2) is 68.5 Å². The van der Waals surface area contributed by atoms with Crippen molar-refractivity contribution in [3.63, 3.8) is 0 Å². The van der Waals surface area contributed by atoms with Gasteiger partial charge in [-0.05, 0) is 55.7 Å². The molecular formula is C24H27Cl3N2O5S. The van der Waals surface area contributed by atoms with Gasteiger partial charge in [-0.15, -0.1) is 0 Å². The molecule has 0 aliphatic carbocycles. The van der Waals surface area contributed by atoms with Crippen molar-refractivity contribution in [1.82, 2.24) is 9.21 Å². The zero-order chi connectivity index (χ0) is 25.1. The average Bonchev–Trinajstić information content (AvgIpc) is 2.83. The Bertz CT molecular complexity index is 1170. The molecule has 2 aliphatic rings. The first-order valence-electron chi connectivity index (χ1n) is 11.4. The van der Waals surface area contributed by atoms with Gasteiger partial charge in [-0.1, -0.05) is 40.9 Å². The van der Waals surface area contributed by atoms with Gasteiger partial charge in [0.15, 0.2) is 0 Å². The molecule has 0 bridgehead atoms. The van der Waals surface area contributed by atoms with Crippen LogP contribution in [0.5, 0.6) is 5.75 Å². The van der Waals surface area contributed by atoms with Gasteiger partial charge in [-0.3, -0.25) is 4.79 Å². The third-order valence-electron chi connectivity index (χ3n) is 6.21. The molecule has 0 radical (unpaired) electrons. The predicted octanol–water partition coefficient (Wildman–Crippen LogP) is 4.89. The van der Waals surface area contributed by atoms with E-state index in [1.807, 2.05) is 4.90 Å². The lowest BCUT2D eigenvalue weighted by atomic mass is 9.97. The predicted molar refractivity (Wildman–Crippen MR) is 136 cm³/mol. The minimum Gasteiger partial charge on any atom is -0.490 e. The van der Waals surface area contributed by atoms with E-state index in [-0.39, 0.29) is 48.5 Å². The number of likely N-dealkylation sites (tertiary alicyclic amines) is 1. The highest BCUT2D eigenvalue weighted by atomic mass is 35.5. The zero-order valence-corrected chi connectivity index (χ0v) is 22.2. The van der Waals surface area contributed by atoms with Crippen molar-refractivity contribution in [3.05, 3.63) is 57.5 Å². The molecular weight excluding hydrogens is 535 g/mol. The lowest BCUT2D eigenvalue weighted by Crippen LogP contribution is -2.58. The summed E-state index contributed by atoms with van der Waals surface area (Å²) in [6, 6.07) is 11.2. The van der Waals surface area contributed by atoms with Crippen LogP contribution in [0, 0.1) is 0 Å². The SMILES string of the molecule is O=C(CC1(COc2cccc(Cl)c2)CN(S(=O)(=O)c2ccc(Cl)cc2Cl)CCO1)N1CCCCC1. The summed E-state index contributed by atoms with van der Waals surface area (Å²) in [5.41, 5.74) is -1.18. The molecule has 0 saturated carbocycles. The second-order valence-corrected chi connectivity index (χ2v) is 12.0. The van der Waals surface area contributed by atoms with Crippen molar-refractivity contribution < 1.29 is 22.7 Å². The van der Waals surface area contributed by atoms with Crippen molar-refractivity contribution in [2.75, 3.05) is 39.4 Å². The maximum Gasteiger partial charge on any atom is 0.244 e. The highest BCUT2D eigenvalue weighted by Gasteiger charge is 2.45. The Morgan fingerprint density at radius 3 is 2.46 bits per heavy atom. The molecule has 2 heterocycles. The van der Waals surface area contributed by atoms with Gasteiger partial charge in [0.2, 0.25) is 15.9 Å². The molecule has 1 unspecified atom stereocenters. The fourth-order valence-corrected chi connectivity index (χ4v) is 6.81. The summed E-state index contributed by atoms with van der Waals surface area (Å²) in [6.07, 6.45) is 2.99. The monoisotopic (exact) mass is 560 g/mol. The van der Waals surface area contributed by atoms with Crippen molar-refractivity contribution >= 4 is 50.7 Å². The number of sulfonamides is 1. The molecule has 2 saturated heterocycles. The minimum atomic E-state index is -3.97. The Balaban J connectivity index is 1.60. The molecule has 35 heavy (non-hydrogen) atoms. The normalized spacial score (nSPS) is 21.6. The number of nitrogens with zero attached hydrogens (tertiary/aromatic N) is 2. The topological polar surface area (TPSA) is 76.1 Å². The molecule has 2 aliphatic heterocycles. The van der Waals surface area contributed by atoms with Crippen LogP contribution in [0.15, 0.2) is 47.4 Å². The molecule has 1 amide bonds. The van der Waals surface area contributed by atoms with E-state index in [0.29, 0.717) is 28.9 Å². The summed E-state index contributed by atoms with van der Waals surface area (Å²) in [6.45, 7) is 1.52. The van der Waals surface area contributed by atoms with Crippen molar-refractivity contribution in [2.24, 2.45) is 0 Å². The van der Waals surface area contributed by atoms with Crippen molar-refractivity contribution in [2.45, 2.75) is 36.2 Å². The third-order valence-corrected chi connectivity index (χ3v) is 9.00. The molecule has 2 fully saturated rings. The van der Waals surface area contributed by atoms with E-state index in [1.54, 1.807) is 24.3 Å². The Hall–Kier alpha value is -1.55. The van der Waals surface area contributed by atoms with Crippen LogP contribution in [0.25, 0.3) is 0 Å². The van der Waals surface area contributed by atoms with Gasteiger partial charge in [0.1, 0.15) is 22.9 Å². The van der Waals surface area contributed by atoms with Crippen LogP contribution in [0.4, 0.5) is 0 Å². The first kappa shape index (κ1) is 26.5. The zero-order valence-electron chi connectivity index (χ0n) is 19.1. The number of piperidine rings is 1. The minimum absolute atomic E-state index is 0.00602. The van der Waals surface area contributed by atoms with Gasteiger partial charge in [-0.2, -0.15) is 4.31 Å². The number of halogens is 3. The van der Waals surface area contributed by atoms with Crippen molar-refractivity contribution in [3.8, 4) is 5.75 Å². The van der Waals surface area contributed by atoms with Crippen molar-refractivity contribution in [1.29, 1.82) is 0 Å². The molecule has 0 spiro atoms. The second-order valence-electron chi connectivity index (χ2n) is 8.81. The lowest BCUT2D eigenvalue weighted by molar-refractivity contribution is -0.151. The number of morpholine rings is 1. The maximum absolute atomic E-state index is 13.5. The standard InChI is InChI=1S/C24H27Cl3N2O5S/c25-18-5-4-6-20(13-18)33-17-24(15-23(30)28-9-2-1-3-10-28)16-29(11-12-34-24)35(31,32)22-8-7-19(26)14-21(22)27/h4-8,13-14H,1-3,9-12,15-17H2. The van der Waals surface area contributed by atoms with Crippen LogP contribution in [-0.2, 0) is 19.6 Å². The van der Waals surface area contributed by atoms with E-state index in [4.69, 9.17) is 44.3 Å². The fourth-order valence-electron chi connectivity index (χ4n) is 4.39. The smallest absolute Gasteiger partial charge is 0.244 e. The molecule has 4 rings (SSSR count). The van der Waals surface area contributed by atoms with Gasteiger partial charge in [0.25, 0.3) is 0 Å². The number of hydrogen-bond acceptors (Lipinski definition) is 5. The first-order chi connectivity index (χ1) is 16.7. The summed E-state index contributed by atoms with van der Waals surface area (Å²) < 4.78 is 40.4. The summed E-state index contributed by atoms with van der Waals surface area (Å²) in [4.78, 5) is 15.0. The number of hydrogen-bond donors (Lipinski definition) is 0. The fraction of sp³-hybridized carbons (Fsp3) is 0.458. The number of ether oxygens (including phenoxy) is 2. The summed E-state index contributed by atoms with van der Waals surface area (Å²) in [7, 11) is -3.97. The summed E-state index contributed by atoms with van der Waals surface area (Å²) in [5.74, 6) is 0.426. The quantitative estimate of drug-likeness (QED) is 0.481. The van der Waals surface area contributed by atoms with Gasteiger partial charge in [0, 0.05) is 36.2 Å². The van der Waals surface area contributed by atoms with Gasteiger partial charge < -0.3 is 14.4 Å². The molecule has 1 atom stereocenters. The van der Waals surface area contributed by atoms with Crippen LogP contribution < -0.4 is 4.74 Å². The van der Waals surface area contributed by atoms with Gasteiger partial charge in [0.05, 0.1) is 18.1 Å². The average molecular weight is 562 g/mol. The van der Waals surface area contributed by atoms with E-state index in [9.17, 15) is 13.2 Å². The van der Waals surface area contributed by atoms with Crippen LogP contribution in [0.1, 0.15) is 25.7 Å². The van der Waals surface area contributed by atoms with E-state index in [0.717, 1.165) is 19.3 Å². The number of carbonyl (C=O) groups is 1. The molecule has 2 aromatic rings. The lowest BCUT2D eigenvalue weighted by Gasteiger charge is -2.42. The van der Waals surface area contributed by atoms with Crippen LogP contribution in [0.3, 0.4) is 0 Å². The molecule has 190 valence electrons. The van der Waals surface area contributed by atoms with E-state index in [2.05, 4.69) is 0 Å². The highest BCUT2D eigenvalue weighted by molar-refractivity contribution is 7.89. The molecule has 0 N–H and O–H groups in total. The first-order valence-corrected chi connectivity index (χ1v) is 14.0. The van der Waals surface area contributed by atoms with E-state index < -0.39 is 15.6 Å². The molecule has 0 aromatic heterocycles. The van der Waals surface area contributed by atoms with E-state index >= 15 is 0 Å². The summed E-state index contributed by atoms with van der Waals surface area (Å²) in [5, 5.41) is 0.883. The molecule has 2 aromatic carbocycles. The van der Waals surface area contributed by atoms with E-state index in [1.165, 1.54) is 22.5 Å². The number of amides is 1. The maximum atomic E-state index is 13.5. The Morgan fingerprint density at radius 2 is 1.74 bits per heavy atom. The van der Waals surface area contributed by atoms with Crippen LogP contribution in [0.2, 0.25) is 15.1 Å². The number of benzene rings is 2. The highest BCUT2D eigenvalue weighted by Crippen LogP contribution is 2.33. The number of carbonyl (C=O) groups excluding carboxylic acids is 1.